The largest absolute Gasteiger partial charge is 0.454 e. The molecule has 0 unspecified atom stereocenters. The maximum Gasteiger partial charge on any atom is 0.235 e. The zero-order chi connectivity index (χ0) is 13.5. The minimum atomic E-state index is -0.538. The highest BCUT2D eigenvalue weighted by Crippen LogP contribution is 2.51. The molecular formula is C14H14ClNO3. The Bertz CT molecular complexity index is 573. The van der Waals surface area contributed by atoms with Crippen LogP contribution in [0.4, 0.5) is 0 Å². The van der Waals surface area contributed by atoms with E-state index in [0.29, 0.717) is 16.5 Å². The lowest BCUT2D eigenvalue weighted by Crippen LogP contribution is -2.21. The lowest BCUT2D eigenvalue weighted by Gasteiger charge is -2.26. The summed E-state index contributed by atoms with van der Waals surface area (Å²) in [4.78, 5) is 14.9. The number of fused-ring (bicyclic) bond motifs is 1. The summed E-state index contributed by atoms with van der Waals surface area (Å²) in [6, 6.07) is 1.76. The first-order valence-electron chi connectivity index (χ1n) is 6.36. The van der Waals surface area contributed by atoms with E-state index in [1.54, 1.807) is 12.1 Å². The molecule has 0 aromatic heterocycles. The Morgan fingerprint density at radius 1 is 1.37 bits per heavy atom. The zero-order valence-corrected chi connectivity index (χ0v) is 11.4. The predicted octanol–water partition coefficient (Wildman–Crippen LogP) is 3.48. The van der Waals surface area contributed by atoms with E-state index in [9.17, 15) is 4.79 Å². The monoisotopic (exact) mass is 279 g/mol. The number of ether oxygens (including phenoxy) is 2. The number of aliphatic imine (C=N–C) groups is 1. The molecule has 5 heteroatoms. The van der Waals surface area contributed by atoms with Crippen LogP contribution in [-0.4, -0.2) is 12.9 Å². The zero-order valence-electron chi connectivity index (χ0n) is 10.7. The van der Waals surface area contributed by atoms with Crippen molar-refractivity contribution in [2.75, 3.05) is 6.79 Å². The minimum Gasteiger partial charge on any atom is -0.454 e. The van der Waals surface area contributed by atoms with Gasteiger partial charge in [-0.15, -0.1) is 0 Å². The Balaban J connectivity index is 2.22. The van der Waals surface area contributed by atoms with Gasteiger partial charge in [0.05, 0.1) is 5.02 Å². The van der Waals surface area contributed by atoms with E-state index >= 15 is 0 Å². The number of halogens is 1. The fraction of sp³-hybridized carbons (Fsp3) is 0.500. The number of hydrogen-bond acceptors (Lipinski definition) is 4. The molecule has 0 bridgehead atoms. The first-order chi connectivity index (χ1) is 9.18. The van der Waals surface area contributed by atoms with Crippen molar-refractivity contribution in [2.24, 2.45) is 4.99 Å². The summed E-state index contributed by atoms with van der Waals surface area (Å²) in [7, 11) is 0. The average molecular weight is 280 g/mol. The van der Waals surface area contributed by atoms with Gasteiger partial charge in [-0.25, -0.2) is 4.79 Å². The van der Waals surface area contributed by atoms with E-state index in [2.05, 4.69) is 4.99 Å². The van der Waals surface area contributed by atoms with Crippen LogP contribution >= 0.6 is 11.6 Å². The molecule has 1 aliphatic carbocycles. The van der Waals surface area contributed by atoms with Crippen LogP contribution in [0, 0.1) is 6.92 Å². The fourth-order valence-corrected chi connectivity index (χ4v) is 3.62. The first-order valence-corrected chi connectivity index (χ1v) is 6.74. The minimum absolute atomic E-state index is 0.208. The molecule has 1 saturated carbocycles. The highest BCUT2D eigenvalue weighted by molar-refractivity contribution is 6.31. The van der Waals surface area contributed by atoms with Crippen molar-refractivity contribution >= 4 is 17.7 Å². The van der Waals surface area contributed by atoms with Crippen LogP contribution in [0.1, 0.15) is 36.8 Å². The second-order valence-electron chi connectivity index (χ2n) is 5.03. The summed E-state index contributed by atoms with van der Waals surface area (Å²) in [5, 5.41) is 0.586. The summed E-state index contributed by atoms with van der Waals surface area (Å²) < 4.78 is 10.8. The van der Waals surface area contributed by atoms with Gasteiger partial charge in [-0.1, -0.05) is 24.4 Å². The quantitative estimate of drug-likeness (QED) is 0.615. The maximum atomic E-state index is 10.8. The van der Waals surface area contributed by atoms with Crippen molar-refractivity contribution in [1.82, 2.24) is 0 Å². The topological polar surface area (TPSA) is 47.9 Å². The van der Waals surface area contributed by atoms with Gasteiger partial charge in [0.15, 0.2) is 11.5 Å². The number of isocyanates is 1. The van der Waals surface area contributed by atoms with Crippen molar-refractivity contribution < 1.29 is 14.3 Å². The van der Waals surface area contributed by atoms with Gasteiger partial charge in [0.2, 0.25) is 12.9 Å². The van der Waals surface area contributed by atoms with Gasteiger partial charge in [-0.3, -0.25) is 0 Å². The van der Waals surface area contributed by atoms with Gasteiger partial charge in [-0.05, 0) is 19.8 Å². The lowest BCUT2D eigenvalue weighted by molar-refractivity contribution is 0.173. The highest BCUT2D eigenvalue weighted by atomic mass is 35.5. The van der Waals surface area contributed by atoms with Crippen molar-refractivity contribution in [2.45, 2.75) is 38.1 Å². The van der Waals surface area contributed by atoms with Crippen molar-refractivity contribution in [3.05, 3.63) is 22.2 Å². The van der Waals surface area contributed by atoms with E-state index in [0.717, 1.165) is 36.8 Å². The molecule has 19 heavy (non-hydrogen) atoms. The number of nitrogens with zero attached hydrogens (tertiary/aromatic N) is 1. The van der Waals surface area contributed by atoms with Crippen LogP contribution in [0.2, 0.25) is 5.02 Å². The fourth-order valence-electron chi connectivity index (χ4n) is 3.20. The normalized spacial score (nSPS) is 19.3. The van der Waals surface area contributed by atoms with Gasteiger partial charge in [0, 0.05) is 17.2 Å². The van der Waals surface area contributed by atoms with Gasteiger partial charge >= 0.3 is 0 Å². The third-order valence-corrected chi connectivity index (χ3v) is 4.31. The molecule has 3 rings (SSSR count). The molecule has 1 aromatic rings. The molecule has 0 spiro atoms. The molecule has 0 saturated heterocycles. The molecule has 100 valence electrons. The third-order valence-electron chi connectivity index (χ3n) is 4.01. The second kappa shape index (κ2) is 4.55. The van der Waals surface area contributed by atoms with Crippen LogP contribution in [0.25, 0.3) is 0 Å². The molecule has 1 aliphatic heterocycles. The van der Waals surface area contributed by atoms with Crippen LogP contribution in [0.5, 0.6) is 11.5 Å². The van der Waals surface area contributed by atoms with E-state index in [-0.39, 0.29) is 6.79 Å². The molecule has 4 nitrogen and oxygen atoms in total. The van der Waals surface area contributed by atoms with Gasteiger partial charge in [0.25, 0.3) is 0 Å². The molecule has 1 heterocycles. The SMILES string of the molecule is Cc1c2c(cc(Cl)c1C1(N=C=O)CCCC1)OCO2. The van der Waals surface area contributed by atoms with Gasteiger partial charge in [-0.2, -0.15) is 4.99 Å². The van der Waals surface area contributed by atoms with E-state index in [4.69, 9.17) is 21.1 Å². The Morgan fingerprint density at radius 2 is 2.11 bits per heavy atom. The molecule has 0 N–H and O–H groups in total. The Hall–Kier alpha value is -1.51. The van der Waals surface area contributed by atoms with Crippen LogP contribution in [-0.2, 0) is 10.3 Å². The number of carbonyl (C=O) groups excluding carboxylic acids is 1. The first kappa shape index (κ1) is 12.5. The van der Waals surface area contributed by atoms with Crippen LogP contribution in [0.3, 0.4) is 0 Å². The smallest absolute Gasteiger partial charge is 0.235 e. The molecule has 1 fully saturated rings. The molecule has 2 aliphatic rings. The summed E-state index contributed by atoms with van der Waals surface area (Å²) >= 11 is 6.39. The molecule has 0 radical (unpaired) electrons. The summed E-state index contributed by atoms with van der Waals surface area (Å²) in [6.07, 6.45) is 5.43. The summed E-state index contributed by atoms with van der Waals surface area (Å²) in [6.45, 7) is 2.15. The van der Waals surface area contributed by atoms with Gasteiger partial charge in [0.1, 0.15) is 5.54 Å². The summed E-state index contributed by atoms with van der Waals surface area (Å²) in [5.74, 6) is 1.38. The molecule has 0 amide bonds. The average Bonchev–Trinajstić information content (AvgIpc) is 2.99. The Morgan fingerprint density at radius 3 is 2.79 bits per heavy atom. The van der Waals surface area contributed by atoms with E-state index in [1.165, 1.54) is 0 Å². The number of hydrogen-bond donors (Lipinski definition) is 0. The number of benzene rings is 1. The maximum absolute atomic E-state index is 10.8. The lowest BCUT2D eigenvalue weighted by atomic mass is 9.85. The van der Waals surface area contributed by atoms with Crippen LogP contribution < -0.4 is 9.47 Å². The molecule has 1 aromatic carbocycles. The van der Waals surface area contributed by atoms with Crippen LogP contribution in [0.15, 0.2) is 11.1 Å². The molecular weight excluding hydrogens is 266 g/mol. The van der Waals surface area contributed by atoms with Crippen molar-refractivity contribution in [1.29, 1.82) is 0 Å². The van der Waals surface area contributed by atoms with Crippen molar-refractivity contribution in [3.8, 4) is 11.5 Å². The van der Waals surface area contributed by atoms with Gasteiger partial charge < -0.3 is 9.47 Å². The predicted molar refractivity (Wildman–Crippen MR) is 70.6 cm³/mol. The number of rotatable bonds is 2. The van der Waals surface area contributed by atoms with Crippen molar-refractivity contribution in [3.63, 3.8) is 0 Å². The second-order valence-corrected chi connectivity index (χ2v) is 5.44. The molecule has 0 atom stereocenters. The Kier molecular flexibility index (Phi) is 3.00. The van der Waals surface area contributed by atoms with E-state index < -0.39 is 5.54 Å². The highest BCUT2D eigenvalue weighted by Gasteiger charge is 2.40. The third kappa shape index (κ3) is 1.83. The summed E-state index contributed by atoms with van der Waals surface area (Å²) in [5.41, 5.74) is 1.27. The standard InChI is InChI=1S/C14H14ClNO3/c1-9-12(14(16-7-17)4-2-3-5-14)10(15)6-11-13(9)19-8-18-11/h6H,2-5,8H2,1H3. The Labute approximate surface area is 116 Å². The van der Waals surface area contributed by atoms with E-state index in [1.807, 2.05) is 6.92 Å².